The molecule has 1 saturated carbocycles. The summed E-state index contributed by atoms with van der Waals surface area (Å²) in [7, 11) is 0. The summed E-state index contributed by atoms with van der Waals surface area (Å²) in [5, 5.41) is 16.9. The van der Waals surface area contributed by atoms with Crippen molar-refractivity contribution in [3.05, 3.63) is 83.2 Å². The SMILES string of the molecule is Cc1cc(-c2nc(-c3ccc4c(c3)CCC4N[C@H]3C[C@H](C(=O)O)C3)no2)ccc1-c1ccccc1F. The number of nitrogens with zero attached hydrogens (tertiary/aromatic N) is 2. The summed E-state index contributed by atoms with van der Waals surface area (Å²) >= 11 is 0. The molecule has 1 fully saturated rings. The van der Waals surface area contributed by atoms with Crippen LogP contribution in [0.15, 0.2) is 65.2 Å². The maximum atomic E-state index is 14.3. The van der Waals surface area contributed by atoms with Crippen molar-refractivity contribution < 1.29 is 18.8 Å². The first-order valence-electron chi connectivity index (χ1n) is 12.3. The maximum absolute atomic E-state index is 14.3. The summed E-state index contributed by atoms with van der Waals surface area (Å²) in [4.78, 5) is 15.7. The van der Waals surface area contributed by atoms with Crippen molar-refractivity contribution in [2.75, 3.05) is 0 Å². The molecule has 7 heteroatoms. The van der Waals surface area contributed by atoms with Gasteiger partial charge in [0.2, 0.25) is 5.82 Å². The summed E-state index contributed by atoms with van der Waals surface area (Å²) in [5.41, 5.74) is 6.54. The third-order valence-corrected chi connectivity index (χ3v) is 7.47. The van der Waals surface area contributed by atoms with Crippen LogP contribution in [0.4, 0.5) is 4.39 Å². The summed E-state index contributed by atoms with van der Waals surface area (Å²) in [6, 6.07) is 19.2. The molecule has 6 nitrogen and oxygen atoms in total. The van der Waals surface area contributed by atoms with Crippen LogP contribution in [0.3, 0.4) is 0 Å². The molecule has 0 saturated heterocycles. The van der Waals surface area contributed by atoms with Crippen molar-refractivity contribution in [3.8, 4) is 34.0 Å². The van der Waals surface area contributed by atoms with Gasteiger partial charge in [-0.2, -0.15) is 4.98 Å². The molecule has 0 aliphatic heterocycles. The van der Waals surface area contributed by atoms with E-state index < -0.39 is 5.97 Å². The standard InChI is InChI=1S/C29H26FN3O3/c1-16-12-19(7-9-22(16)24-4-2-3-5-25(24)30)28-32-27(33-36-28)18-6-10-23-17(13-18)8-11-26(23)31-21-14-20(15-21)29(34)35/h2-7,9-10,12-13,20-21,26,31H,8,11,14-15H2,1H3,(H,34,35)/t20-,21-,26?. The van der Waals surface area contributed by atoms with Gasteiger partial charge in [-0.1, -0.05) is 41.6 Å². The van der Waals surface area contributed by atoms with Crippen LogP contribution in [0.1, 0.15) is 42.0 Å². The molecular weight excluding hydrogens is 457 g/mol. The number of fused-ring (bicyclic) bond motifs is 1. The van der Waals surface area contributed by atoms with Crippen LogP contribution < -0.4 is 5.32 Å². The van der Waals surface area contributed by atoms with E-state index in [2.05, 4.69) is 27.6 Å². The summed E-state index contributed by atoms with van der Waals surface area (Å²) in [6.45, 7) is 1.94. The first kappa shape index (κ1) is 22.6. The first-order chi connectivity index (χ1) is 17.5. The van der Waals surface area contributed by atoms with Crippen molar-refractivity contribution in [1.82, 2.24) is 15.5 Å². The predicted octanol–water partition coefficient (Wildman–Crippen LogP) is 5.96. The van der Waals surface area contributed by atoms with Gasteiger partial charge in [0.05, 0.1) is 5.92 Å². The Hall–Kier alpha value is -3.84. The molecule has 6 rings (SSSR count). The third-order valence-electron chi connectivity index (χ3n) is 7.47. The normalized spacial score (nSPS) is 20.7. The Balaban J connectivity index is 1.19. The number of nitrogens with one attached hydrogen (secondary N) is 1. The van der Waals surface area contributed by atoms with Crippen LogP contribution in [0, 0.1) is 18.7 Å². The van der Waals surface area contributed by atoms with Gasteiger partial charge in [-0.25, -0.2) is 4.39 Å². The number of hydrogen-bond donors (Lipinski definition) is 2. The lowest BCUT2D eigenvalue weighted by Crippen LogP contribution is -2.45. The zero-order valence-electron chi connectivity index (χ0n) is 19.9. The molecule has 0 amide bonds. The smallest absolute Gasteiger partial charge is 0.306 e. The Morgan fingerprint density at radius 3 is 2.64 bits per heavy atom. The van der Waals surface area contributed by atoms with E-state index in [0.29, 0.717) is 30.1 Å². The van der Waals surface area contributed by atoms with Crippen LogP contribution in [-0.4, -0.2) is 27.3 Å². The monoisotopic (exact) mass is 483 g/mol. The Labute approximate surface area is 208 Å². The summed E-state index contributed by atoms with van der Waals surface area (Å²) in [6.07, 6.45) is 3.35. The number of aromatic nitrogens is 2. The average Bonchev–Trinajstić information content (AvgIpc) is 3.49. The molecule has 1 atom stereocenters. The molecule has 0 bridgehead atoms. The third kappa shape index (κ3) is 4.09. The van der Waals surface area contributed by atoms with E-state index in [0.717, 1.165) is 35.1 Å². The van der Waals surface area contributed by atoms with Gasteiger partial charge in [0.25, 0.3) is 5.89 Å². The van der Waals surface area contributed by atoms with E-state index >= 15 is 0 Å². The van der Waals surface area contributed by atoms with Crippen LogP contribution >= 0.6 is 0 Å². The highest BCUT2D eigenvalue weighted by atomic mass is 19.1. The number of halogens is 1. The Bertz CT molecular complexity index is 1460. The number of carboxylic acid groups (broad SMARTS) is 1. The van der Waals surface area contributed by atoms with Crippen LogP contribution in [0.25, 0.3) is 34.0 Å². The second-order valence-electron chi connectivity index (χ2n) is 9.81. The molecule has 36 heavy (non-hydrogen) atoms. The maximum Gasteiger partial charge on any atom is 0.306 e. The van der Waals surface area contributed by atoms with Gasteiger partial charge in [0.1, 0.15) is 5.82 Å². The second kappa shape index (κ2) is 8.99. The van der Waals surface area contributed by atoms with E-state index in [1.54, 1.807) is 12.1 Å². The molecular formula is C29H26FN3O3. The highest BCUT2D eigenvalue weighted by Gasteiger charge is 2.36. The van der Waals surface area contributed by atoms with Crippen molar-refractivity contribution >= 4 is 5.97 Å². The minimum absolute atomic E-state index is 0.210. The predicted molar refractivity (Wildman–Crippen MR) is 134 cm³/mol. The highest BCUT2D eigenvalue weighted by molar-refractivity contribution is 5.72. The minimum atomic E-state index is -0.694. The molecule has 4 aromatic rings. The molecule has 1 aromatic heterocycles. The van der Waals surface area contributed by atoms with Crippen LogP contribution in [0.2, 0.25) is 0 Å². The van der Waals surface area contributed by atoms with Gasteiger partial charge in [0.15, 0.2) is 0 Å². The van der Waals surface area contributed by atoms with Gasteiger partial charge in [-0.15, -0.1) is 0 Å². The number of benzene rings is 3. The van der Waals surface area contributed by atoms with Crippen molar-refractivity contribution in [1.29, 1.82) is 0 Å². The van der Waals surface area contributed by atoms with Crippen molar-refractivity contribution in [2.45, 2.75) is 44.7 Å². The Morgan fingerprint density at radius 2 is 1.86 bits per heavy atom. The van der Waals surface area contributed by atoms with Crippen LogP contribution in [0.5, 0.6) is 0 Å². The summed E-state index contributed by atoms with van der Waals surface area (Å²) < 4.78 is 19.8. The molecule has 1 unspecified atom stereocenters. The lowest BCUT2D eigenvalue weighted by molar-refractivity contribution is -0.145. The summed E-state index contributed by atoms with van der Waals surface area (Å²) in [5.74, 6) is -0.202. The van der Waals surface area contributed by atoms with E-state index in [9.17, 15) is 9.18 Å². The van der Waals surface area contributed by atoms with Gasteiger partial charge in [0, 0.05) is 28.8 Å². The zero-order valence-corrected chi connectivity index (χ0v) is 19.9. The zero-order chi connectivity index (χ0) is 24.8. The van der Waals surface area contributed by atoms with E-state index in [4.69, 9.17) is 9.63 Å². The minimum Gasteiger partial charge on any atom is -0.481 e. The molecule has 3 aromatic carbocycles. The molecule has 1 heterocycles. The fraction of sp³-hybridized carbons (Fsp3) is 0.276. The molecule has 0 spiro atoms. The van der Waals surface area contributed by atoms with Gasteiger partial charge < -0.3 is 14.9 Å². The topological polar surface area (TPSA) is 88.2 Å². The fourth-order valence-corrected chi connectivity index (χ4v) is 5.41. The van der Waals surface area contributed by atoms with Crippen molar-refractivity contribution in [3.63, 3.8) is 0 Å². The first-order valence-corrected chi connectivity index (χ1v) is 12.3. The molecule has 0 radical (unpaired) electrons. The average molecular weight is 484 g/mol. The molecule has 182 valence electrons. The lowest BCUT2D eigenvalue weighted by atomic mass is 9.80. The fourth-order valence-electron chi connectivity index (χ4n) is 5.41. The number of carbonyl (C=O) groups is 1. The van der Waals surface area contributed by atoms with E-state index in [1.807, 2.05) is 37.3 Å². The number of carboxylic acids is 1. The van der Waals surface area contributed by atoms with E-state index in [1.165, 1.54) is 17.2 Å². The number of aryl methyl sites for hydroxylation is 2. The second-order valence-corrected chi connectivity index (χ2v) is 9.81. The Kier molecular flexibility index (Phi) is 5.64. The quantitative estimate of drug-likeness (QED) is 0.352. The Morgan fingerprint density at radius 1 is 1.06 bits per heavy atom. The number of aliphatic carboxylic acids is 1. The van der Waals surface area contributed by atoms with Gasteiger partial charge >= 0.3 is 5.97 Å². The number of hydrogen-bond acceptors (Lipinski definition) is 5. The highest BCUT2D eigenvalue weighted by Crippen LogP contribution is 2.37. The van der Waals surface area contributed by atoms with Crippen molar-refractivity contribution in [2.24, 2.45) is 5.92 Å². The lowest BCUT2D eigenvalue weighted by Gasteiger charge is -2.35. The van der Waals surface area contributed by atoms with Gasteiger partial charge in [-0.3, -0.25) is 4.79 Å². The largest absolute Gasteiger partial charge is 0.481 e. The molecule has 2 N–H and O–H groups in total. The molecule has 2 aliphatic carbocycles. The molecule has 2 aliphatic rings. The number of rotatable bonds is 6. The van der Waals surface area contributed by atoms with E-state index in [-0.39, 0.29) is 23.8 Å². The van der Waals surface area contributed by atoms with Crippen LogP contribution in [-0.2, 0) is 11.2 Å². The van der Waals surface area contributed by atoms with Gasteiger partial charge in [-0.05, 0) is 79.1 Å².